The van der Waals surface area contributed by atoms with Crippen molar-refractivity contribution in [3.63, 3.8) is 0 Å². The molecular formula is C14H14N2O3S. The summed E-state index contributed by atoms with van der Waals surface area (Å²) in [6, 6.07) is 11.6. The van der Waals surface area contributed by atoms with Crippen molar-refractivity contribution < 1.29 is 12.7 Å². The fraction of sp³-hybridized carbons (Fsp3) is 0.143. The van der Waals surface area contributed by atoms with Gasteiger partial charge in [-0.05, 0) is 38.1 Å². The van der Waals surface area contributed by atoms with Crippen LogP contribution < -0.4 is 0 Å². The Labute approximate surface area is 118 Å². The molecule has 1 aromatic carbocycles. The van der Waals surface area contributed by atoms with Crippen molar-refractivity contribution >= 4 is 15.8 Å². The second-order valence-electron chi connectivity index (χ2n) is 4.23. The molecule has 0 spiro atoms. The summed E-state index contributed by atoms with van der Waals surface area (Å²) in [6.45, 7) is 3.51. The minimum Gasteiger partial charge on any atom is -0.264 e. The van der Waals surface area contributed by atoms with Gasteiger partial charge in [-0.25, -0.2) is 0 Å². The van der Waals surface area contributed by atoms with E-state index in [1.54, 1.807) is 43.5 Å². The Morgan fingerprint density at radius 3 is 2.45 bits per heavy atom. The molecule has 0 saturated heterocycles. The van der Waals surface area contributed by atoms with Gasteiger partial charge in [-0.15, -0.1) is 0 Å². The first kappa shape index (κ1) is 14.2. The Bertz CT molecular complexity index is 708. The van der Waals surface area contributed by atoms with E-state index in [4.69, 9.17) is 4.28 Å². The van der Waals surface area contributed by atoms with Gasteiger partial charge < -0.3 is 0 Å². The van der Waals surface area contributed by atoms with E-state index < -0.39 is 10.1 Å². The van der Waals surface area contributed by atoms with Crippen molar-refractivity contribution in [2.45, 2.75) is 18.7 Å². The van der Waals surface area contributed by atoms with Crippen LogP contribution in [0.3, 0.4) is 0 Å². The van der Waals surface area contributed by atoms with E-state index in [1.807, 2.05) is 6.92 Å². The first-order chi connectivity index (χ1) is 9.49. The van der Waals surface area contributed by atoms with Crippen LogP contribution in [0.25, 0.3) is 0 Å². The number of aryl methyl sites for hydroxylation is 1. The third-order valence-corrected chi connectivity index (χ3v) is 3.74. The molecule has 0 radical (unpaired) electrons. The lowest BCUT2D eigenvalue weighted by Gasteiger charge is -2.03. The van der Waals surface area contributed by atoms with Crippen molar-refractivity contribution in [3.8, 4) is 0 Å². The molecule has 1 heterocycles. The van der Waals surface area contributed by atoms with Crippen LogP contribution in [-0.2, 0) is 14.4 Å². The van der Waals surface area contributed by atoms with Crippen LogP contribution in [0.1, 0.15) is 18.2 Å². The Morgan fingerprint density at radius 1 is 1.15 bits per heavy atom. The summed E-state index contributed by atoms with van der Waals surface area (Å²) in [5.74, 6) is 0. The zero-order chi connectivity index (χ0) is 14.6. The molecule has 5 nitrogen and oxygen atoms in total. The number of rotatable bonds is 4. The minimum absolute atomic E-state index is 0.0701. The van der Waals surface area contributed by atoms with Crippen LogP contribution in [0, 0.1) is 6.92 Å². The van der Waals surface area contributed by atoms with Gasteiger partial charge in [0.15, 0.2) is 0 Å². The molecule has 0 fully saturated rings. The largest absolute Gasteiger partial charge is 0.358 e. The monoisotopic (exact) mass is 290 g/mol. The van der Waals surface area contributed by atoms with Crippen LogP contribution in [0.2, 0.25) is 0 Å². The first-order valence-corrected chi connectivity index (χ1v) is 7.36. The van der Waals surface area contributed by atoms with Crippen LogP contribution in [0.15, 0.2) is 58.7 Å². The van der Waals surface area contributed by atoms with E-state index in [1.165, 1.54) is 12.1 Å². The maximum absolute atomic E-state index is 11.9. The zero-order valence-corrected chi connectivity index (χ0v) is 12.0. The molecule has 104 valence electrons. The minimum atomic E-state index is -3.90. The molecule has 0 unspecified atom stereocenters. The summed E-state index contributed by atoms with van der Waals surface area (Å²) in [6.07, 6.45) is 1.60. The van der Waals surface area contributed by atoms with Crippen LogP contribution in [0.5, 0.6) is 0 Å². The number of pyridine rings is 1. The van der Waals surface area contributed by atoms with Gasteiger partial charge in [0.05, 0.1) is 5.69 Å². The molecular weight excluding hydrogens is 276 g/mol. The topological polar surface area (TPSA) is 68.6 Å². The number of oxime groups is 1. The fourth-order valence-electron chi connectivity index (χ4n) is 1.48. The third kappa shape index (κ3) is 3.42. The molecule has 0 aliphatic carbocycles. The van der Waals surface area contributed by atoms with E-state index in [0.29, 0.717) is 11.4 Å². The molecule has 0 saturated carbocycles. The third-order valence-electron chi connectivity index (χ3n) is 2.62. The lowest BCUT2D eigenvalue weighted by molar-refractivity contribution is 0.338. The quantitative estimate of drug-likeness (QED) is 0.641. The highest BCUT2D eigenvalue weighted by atomic mass is 32.2. The van der Waals surface area contributed by atoms with Gasteiger partial charge in [-0.2, -0.15) is 8.42 Å². The highest BCUT2D eigenvalue weighted by Gasteiger charge is 2.15. The summed E-state index contributed by atoms with van der Waals surface area (Å²) < 4.78 is 28.6. The van der Waals surface area contributed by atoms with Crippen LogP contribution >= 0.6 is 0 Å². The Kier molecular flexibility index (Phi) is 4.14. The van der Waals surface area contributed by atoms with Crippen molar-refractivity contribution in [2.75, 3.05) is 0 Å². The number of hydrogen-bond donors (Lipinski definition) is 0. The van der Waals surface area contributed by atoms with Gasteiger partial charge in [-0.1, -0.05) is 28.9 Å². The van der Waals surface area contributed by atoms with Gasteiger partial charge in [0.25, 0.3) is 0 Å². The molecule has 0 atom stereocenters. The Hall–Kier alpha value is -2.21. The van der Waals surface area contributed by atoms with Crippen molar-refractivity contribution in [3.05, 3.63) is 59.9 Å². The molecule has 0 aliphatic rings. The standard InChI is InChI=1S/C14H14N2O3S/c1-11-6-8-13(9-7-11)20(17,18)19-16-12(2)14-5-3-4-10-15-14/h3-10H,1-2H3/b16-12+. The van der Waals surface area contributed by atoms with Gasteiger partial charge in [0, 0.05) is 6.20 Å². The van der Waals surface area contributed by atoms with Gasteiger partial charge in [-0.3, -0.25) is 9.27 Å². The normalized spacial score (nSPS) is 12.2. The maximum Gasteiger partial charge on any atom is 0.358 e. The van der Waals surface area contributed by atoms with Gasteiger partial charge >= 0.3 is 10.1 Å². The molecule has 20 heavy (non-hydrogen) atoms. The molecule has 6 heteroatoms. The molecule has 2 rings (SSSR count). The first-order valence-electron chi connectivity index (χ1n) is 5.95. The fourth-order valence-corrected chi connectivity index (χ4v) is 2.24. The van der Waals surface area contributed by atoms with E-state index in [-0.39, 0.29) is 4.90 Å². The number of aromatic nitrogens is 1. The summed E-state index contributed by atoms with van der Waals surface area (Å²) >= 11 is 0. The molecule has 2 aromatic rings. The van der Waals surface area contributed by atoms with Crippen molar-refractivity contribution in [1.82, 2.24) is 4.98 Å². The van der Waals surface area contributed by atoms with E-state index in [2.05, 4.69) is 10.1 Å². The van der Waals surface area contributed by atoms with Crippen LogP contribution in [-0.4, -0.2) is 19.1 Å². The molecule has 0 amide bonds. The summed E-state index contributed by atoms with van der Waals surface area (Å²) in [5, 5.41) is 3.63. The summed E-state index contributed by atoms with van der Waals surface area (Å²) in [5.41, 5.74) is 1.92. The lowest BCUT2D eigenvalue weighted by atomic mass is 10.2. The second-order valence-corrected chi connectivity index (χ2v) is 5.76. The number of hydrogen-bond acceptors (Lipinski definition) is 5. The molecule has 0 bridgehead atoms. The van der Waals surface area contributed by atoms with Crippen molar-refractivity contribution in [2.24, 2.45) is 5.16 Å². The SMILES string of the molecule is C/C(=N\OS(=O)(=O)c1ccc(C)cc1)c1ccccn1. The lowest BCUT2D eigenvalue weighted by Crippen LogP contribution is -2.06. The highest BCUT2D eigenvalue weighted by molar-refractivity contribution is 7.86. The average molecular weight is 290 g/mol. The molecule has 1 aromatic heterocycles. The van der Waals surface area contributed by atoms with E-state index >= 15 is 0 Å². The zero-order valence-electron chi connectivity index (χ0n) is 11.1. The molecule has 0 N–H and O–H groups in total. The summed E-state index contributed by atoms with van der Waals surface area (Å²) in [7, 11) is -3.90. The number of benzene rings is 1. The van der Waals surface area contributed by atoms with Gasteiger partial charge in [0.2, 0.25) is 0 Å². The summed E-state index contributed by atoms with van der Waals surface area (Å²) in [4.78, 5) is 4.13. The average Bonchev–Trinajstić information content (AvgIpc) is 2.46. The van der Waals surface area contributed by atoms with E-state index in [0.717, 1.165) is 5.56 Å². The van der Waals surface area contributed by atoms with Crippen molar-refractivity contribution in [1.29, 1.82) is 0 Å². The molecule has 0 aliphatic heterocycles. The Balaban J connectivity index is 2.19. The van der Waals surface area contributed by atoms with E-state index in [9.17, 15) is 8.42 Å². The smallest absolute Gasteiger partial charge is 0.264 e. The maximum atomic E-state index is 11.9. The predicted molar refractivity (Wildman–Crippen MR) is 75.9 cm³/mol. The Morgan fingerprint density at radius 2 is 1.85 bits per heavy atom. The van der Waals surface area contributed by atoms with Crippen LogP contribution in [0.4, 0.5) is 0 Å². The highest BCUT2D eigenvalue weighted by Crippen LogP contribution is 2.13. The predicted octanol–water partition coefficient (Wildman–Crippen LogP) is 2.52. The second kappa shape index (κ2) is 5.83. The number of nitrogens with zero attached hydrogens (tertiary/aromatic N) is 2. The van der Waals surface area contributed by atoms with Gasteiger partial charge in [0.1, 0.15) is 10.6 Å².